The zero-order valence-electron chi connectivity index (χ0n) is 22.8. The molecule has 0 aliphatic heterocycles. The smallest absolute Gasteiger partial charge is 0.251 e. The maximum Gasteiger partial charge on any atom is 0.251 e. The maximum absolute atomic E-state index is 13.9. The standard InChI is InChI=1S/C30H38N2O5S/c1-22(2)21-32(38(35,36)27-16-14-26(37-5)15-17-27)30(34,20-25-12-7-6-8-13-25)18-19-31-29(33)28-23(3)10-9-11-24(28)4/h6-17,22,34H,18-21H2,1-5H3,(H,31,33). The molecule has 0 radical (unpaired) electrons. The first-order valence-electron chi connectivity index (χ1n) is 12.8. The van der Waals surface area contributed by atoms with Gasteiger partial charge in [-0.2, -0.15) is 4.31 Å². The van der Waals surface area contributed by atoms with E-state index >= 15 is 0 Å². The highest BCUT2D eigenvalue weighted by Crippen LogP contribution is 2.31. The lowest BCUT2D eigenvalue weighted by Crippen LogP contribution is -2.55. The molecule has 0 aliphatic rings. The molecule has 0 fully saturated rings. The third-order valence-corrected chi connectivity index (χ3v) is 8.43. The van der Waals surface area contributed by atoms with Crippen molar-refractivity contribution in [3.05, 3.63) is 95.1 Å². The van der Waals surface area contributed by atoms with Crippen molar-refractivity contribution in [1.82, 2.24) is 9.62 Å². The molecule has 1 unspecified atom stereocenters. The van der Waals surface area contributed by atoms with E-state index in [1.165, 1.54) is 23.5 Å². The second kappa shape index (κ2) is 12.6. The van der Waals surface area contributed by atoms with Gasteiger partial charge < -0.3 is 15.2 Å². The first-order chi connectivity index (χ1) is 18.0. The first-order valence-corrected chi connectivity index (χ1v) is 14.2. The van der Waals surface area contributed by atoms with Gasteiger partial charge in [0.1, 0.15) is 11.5 Å². The summed E-state index contributed by atoms with van der Waals surface area (Å²) in [4.78, 5) is 13.1. The summed E-state index contributed by atoms with van der Waals surface area (Å²) in [5.41, 5.74) is 1.29. The van der Waals surface area contributed by atoms with Gasteiger partial charge in [0.25, 0.3) is 5.91 Å². The number of ether oxygens (including phenoxy) is 1. The van der Waals surface area contributed by atoms with Gasteiger partial charge in [0.15, 0.2) is 0 Å². The summed E-state index contributed by atoms with van der Waals surface area (Å²) in [6.45, 7) is 7.74. The molecule has 3 rings (SSSR count). The zero-order valence-corrected chi connectivity index (χ0v) is 23.6. The number of carbonyl (C=O) groups is 1. The van der Waals surface area contributed by atoms with Crippen LogP contribution in [0, 0.1) is 19.8 Å². The number of methoxy groups -OCH3 is 1. The van der Waals surface area contributed by atoms with Crippen LogP contribution in [0.25, 0.3) is 0 Å². The molecular formula is C30H38N2O5S. The highest BCUT2D eigenvalue weighted by atomic mass is 32.2. The quantitative estimate of drug-likeness (QED) is 0.326. The van der Waals surface area contributed by atoms with Crippen LogP contribution in [-0.2, 0) is 16.4 Å². The van der Waals surface area contributed by atoms with E-state index in [0.29, 0.717) is 11.3 Å². The Morgan fingerprint density at radius 2 is 1.58 bits per heavy atom. The lowest BCUT2D eigenvalue weighted by molar-refractivity contribution is -0.0700. The van der Waals surface area contributed by atoms with E-state index in [-0.39, 0.29) is 42.7 Å². The second-order valence-electron chi connectivity index (χ2n) is 10.0. The minimum absolute atomic E-state index is 0.000662. The average molecular weight is 539 g/mol. The van der Waals surface area contributed by atoms with Crippen molar-refractivity contribution in [1.29, 1.82) is 0 Å². The van der Waals surface area contributed by atoms with Crippen molar-refractivity contribution >= 4 is 15.9 Å². The number of aryl methyl sites for hydroxylation is 2. The summed E-state index contributed by atoms with van der Waals surface area (Å²) in [5, 5.41) is 15.0. The van der Waals surface area contributed by atoms with Crippen LogP contribution in [0.2, 0.25) is 0 Å². The van der Waals surface area contributed by atoms with Crippen molar-refractivity contribution in [2.24, 2.45) is 5.92 Å². The number of sulfonamides is 1. The Morgan fingerprint density at radius 3 is 2.13 bits per heavy atom. The molecule has 204 valence electrons. The Morgan fingerprint density at radius 1 is 0.974 bits per heavy atom. The Hall–Kier alpha value is -3.20. The van der Waals surface area contributed by atoms with Crippen molar-refractivity contribution in [3.8, 4) is 5.75 Å². The number of hydrogen-bond donors (Lipinski definition) is 2. The number of amides is 1. The van der Waals surface area contributed by atoms with Gasteiger partial charge in [-0.25, -0.2) is 8.42 Å². The van der Waals surface area contributed by atoms with Crippen molar-refractivity contribution < 1.29 is 23.1 Å². The van der Waals surface area contributed by atoms with E-state index in [9.17, 15) is 18.3 Å². The predicted octanol–water partition coefficient (Wildman–Crippen LogP) is 4.71. The van der Waals surface area contributed by atoms with Gasteiger partial charge in [-0.05, 0) is 60.7 Å². The average Bonchev–Trinajstić information content (AvgIpc) is 2.87. The fraction of sp³-hybridized carbons (Fsp3) is 0.367. The molecule has 2 N–H and O–H groups in total. The molecule has 1 atom stereocenters. The number of hydrogen-bond acceptors (Lipinski definition) is 5. The highest BCUT2D eigenvalue weighted by molar-refractivity contribution is 7.89. The first kappa shape index (κ1) is 29.4. The van der Waals surface area contributed by atoms with Crippen LogP contribution in [0.4, 0.5) is 0 Å². The van der Waals surface area contributed by atoms with Gasteiger partial charge in [-0.3, -0.25) is 4.79 Å². The lowest BCUT2D eigenvalue weighted by atomic mass is 9.98. The molecule has 0 spiro atoms. The fourth-order valence-electron chi connectivity index (χ4n) is 4.56. The summed E-state index contributed by atoms with van der Waals surface area (Å²) < 4.78 is 34.3. The minimum atomic E-state index is -4.10. The van der Waals surface area contributed by atoms with Gasteiger partial charge in [0, 0.05) is 31.5 Å². The number of benzene rings is 3. The van der Waals surface area contributed by atoms with Crippen molar-refractivity contribution in [2.75, 3.05) is 20.2 Å². The molecule has 0 heterocycles. The van der Waals surface area contributed by atoms with Crippen LogP contribution in [-0.4, -0.2) is 49.7 Å². The van der Waals surface area contributed by atoms with Crippen molar-refractivity contribution in [3.63, 3.8) is 0 Å². The molecule has 0 saturated carbocycles. The Balaban J connectivity index is 1.96. The summed E-state index contributed by atoms with van der Waals surface area (Å²) in [5.74, 6) is 0.221. The van der Waals surface area contributed by atoms with Crippen LogP contribution in [0.1, 0.15) is 47.3 Å². The van der Waals surface area contributed by atoms with Crippen LogP contribution in [0.15, 0.2) is 77.7 Å². The second-order valence-corrected chi connectivity index (χ2v) is 11.9. The molecule has 0 saturated heterocycles. The Kier molecular flexibility index (Phi) is 9.71. The van der Waals surface area contributed by atoms with Crippen LogP contribution in [0.3, 0.4) is 0 Å². The highest BCUT2D eigenvalue weighted by Gasteiger charge is 2.43. The van der Waals surface area contributed by atoms with E-state index in [1.807, 2.05) is 76.2 Å². The molecule has 0 aliphatic carbocycles. The van der Waals surface area contributed by atoms with E-state index in [1.54, 1.807) is 12.1 Å². The fourth-order valence-corrected chi connectivity index (χ4v) is 6.39. The van der Waals surface area contributed by atoms with Gasteiger partial charge in [-0.1, -0.05) is 62.4 Å². The topological polar surface area (TPSA) is 95.9 Å². The van der Waals surface area contributed by atoms with Gasteiger partial charge in [-0.15, -0.1) is 0 Å². The normalized spacial score (nSPS) is 13.4. The zero-order chi connectivity index (χ0) is 27.9. The molecule has 3 aromatic carbocycles. The van der Waals surface area contributed by atoms with E-state index in [0.717, 1.165) is 16.7 Å². The molecule has 3 aromatic rings. The molecule has 7 nitrogen and oxygen atoms in total. The number of carbonyl (C=O) groups excluding carboxylic acids is 1. The predicted molar refractivity (Wildman–Crippen MR) is 150 cm³/mol. The van der Waals surface area contributed by atoms with Crippen molar-refractivity contribution in [2.45, 2.75) is 51.2 Å². The molecule has 0 bridgehead atoms. The third kappa shape index (κ3) is 7.01. The molecule has 8 heteroatoms. The van der Waals surface area contributed by atoms with Gasteiger partial charge >= 0.3 is 0 Å². The number of rotatable bonds is 12. The minimum Gasteiger partial charge on any atom is -0.497 e. The molecule has 0 aromatic heterocycles. The Labute approximate surface area is 226 Å². The van der Waals surface area contributed by atoms with Gasteiger partial charge in [0.05, 0.1) is 12.0 Å². The van der Waals surface area contributed by atoms with Crippen LogP contribution >= 0.6 is 0 Å². The Bertz CT molecular complexity index is 1300. The molecular weight excluding hydrogens is 500 g/mol. The molecule has 1 amide bonds. The maximum atomic E-state index is 13.9. The summed E-state index contributed by atoms with van der Waals surface area (Å²) in [6, 6.07) is 21.1. The monoisotopic (exact) mass is 538 g/mol. The van der Waals surface area contributed by atoms with Crippen LogP contribution in [0.5, 0.6) is 5.75 Å². The third-order valence-electron chi connectivity index (χ3n) is 6.49. The van der Waals surface area contributed by atoms with E-state index in [4.69, 9.17) is 4.74 Å². The number of nitrogens with one attached hydrogen (secondary N) is 1. The summed E-state index contributed by atoms with van der Waals surface area (Å²) >= 11 is 0. The number of nitrogens with zero attached hydrogens (tertiary/aromatic N) is 1. The van der Waals surface area contributed by atoms with Crippen LogP contribution < -0.4 is 10.1 Å². The summed E-state index contributed by atoms with van der Waals surface area (Å²) in [6.07, 6.45) is 0.0654. The summed E-state index contributed by atoms with van der Waals surface area (Å²) in [7, 11) is -2.59. The van der Waals surface area contributed by atoms with E-state index < -0.39 is 15.7 Å². The number of aliphatic hydroxyl groups is 1. The SMILES string of the molecule is COc1ccc(S(=O)(=O)N(CC(C)C)C(O)(CCNC(=O)c2c(C)cccc2C)Cc2ccccc2)cc1. The molecule has 38 heavy (non-hydrogen) atoms. The lowest BCUT2D eigenvalue weighted by Gasteiger charge is -2.40. The largest absolute Gasteiger partial charge is 0.497 e. The van der Waals surface area contributed by atoms with E-state index in [2.05, 4.69) is 5.32 Å². The van der Waals surface area contributed by atoms with Gasteiger partial charge in [0.2, 0.25) is 10.0 Å².